The van der Waals surface area contributed by atoms with E-state index < -0.39 is 5.41 Å². The summed E-state index contributed by atoms with van der Waals surface area (Å²) in [5, 5.41) is 5.59. The molecule has 1 heterocycles. The van der Waals surface area contributed by atoms with Crippen LogP contribution < -0.4 is 15.5 Å². The van der Waals surface area contributed by atoms with Crippen LogP contribution in [0, 0.1) is 5.41 Å². The van der Waals surface area contributed by atoms with Gasteiger partial charge in [0.15, 0.2) is 0 Å². The minimum atomic E-state index is -0.459. The topological polar surface area (TPSA) is 78.5 Å². The van der Waals surface area contributed by atoms with Crippen molar-refractivity contribution >= 4 is 29.1 Å². The maximum absolute atomic E-state index is 12.0. The highest BCUT2D eigenvalue weighted by molar-refractivity contribution is 5.95. The molecule has 0 radical (unpaired) electrons. The summed E-state index contributed by atoms with van der Waals surface area (Å²) in [6.45, 7) is 8.04. The van der Waals surface area contributed by atoms with E-state index in [1.165, 1.54) is 0 Å². The second-order valence-electron chi connectivity index (χ2n) is 7.07. The second kappa shape index (κ2) is 7.03. The van der Waals surface area contributed by atoms with Gasteiger partial charge in [-0.2, -0.15) is 0 Å². The van der Waals surface area contributed by atoms with Crippen molar-refractivity contribution in [1.82, 2.24) is 5.32 Å². The predicted octanol–water partition coefficient (Wildman–Crippen LogP) is 2.09. The first-order valence-corrected chi connectivity index (χ1v) is 8.17. The van der Waals surface area contributed by atoms with Crippen LogP contribution in [0.2, 0.25) is 0 Å². The molecule has 0 spiro atoms. The SMILES string of the molecule is CC(=O)N1CCc2cc(NC(=O)CCNC(=O)C(C)(C)C)ccc21. The normalized spacial score (nSPS) is 13.4. The maximum Gasteiger partial charge on any atom is 0.226 e. The lowest BCUT2D eigenvalue weighted by atomic mass is 9.96. The van der Waals surface area contributed by atoms with Crippen LogP contribution in [-0.2, 0) is 20.8 Å². The molecule has 0 aliphatic carbocycles. The zero-order chi connectivity index (χ0) is 17.9. The van der Waals surface area contributed by atoms with E-state index in [-0.39, 0.29) is 24.1 Å². The predicted molar refractivity (Wildman–Crippen MR) is 93.9 cm³/mol. The Morgan fingerprint density at radius 2 is 1.92 bits per heavy atom. The molecular weight excluding hydrogens is 306 g/mol. The highest BCUT2D eigenvalue weighted by Gasteiger charge is 2.23. The van der Waals surface area contributed by atoms with E-state index in [0.717, 1.165) is 17.7 Å². The summed E-state index contributed by atoms with van der Waals surface area (Å²) < 4.78 is 0. The van der Waals surface area contributed by atoms with Gasteiger partial charge in [0.1, 0.15) is 0 Å². The molecule has 0 saturated heterocycles. The van der Waals surface area contributed by atoms with Crippen LogP contribution in [0.25, 0.3) is 0 Å². The Bertz CT molecular complexity index is 662. The van der Waals surface area contributed by atoms with Gasteiger partial charge in [-0.1, -0.05) is 20.8 Å². The van der Waals surface area contributed by atoms with E-state index in [1.807, 2.05) is 32.9 Å². The third-order valence-electron chi connectivity index (χ3n) is 3.96. The highest BCUT2D eigenvalue weighted by atomic mass is 16.2. The van der Waals surface area contributed by atoms with Crippen molar-refractivity contribution in [2.45, 2.75) is 40.5 Å². The van der Waals surface area contributed by atoms with Crippen molar-refractivity contribution in [1.29, 1.82) is 0 Å². The van der Waals surface area contributed by atoms with Crippen LogP contribution in [0.3, 0.4) is 0 Å². The number of benzene rings is 1. The Balaban J connectivity index is 1.87. The van der Waals surface area contributed by atoms with E-state index >= 15 is 0 Å². The molecule has 6 nitrogen and oxygen atoms in total. The fraction of sp³-hybridized carbons (Fsp3) is 0.500. The minimum Gasteiger partial charge on any atom is -0.355 e. The van der Waals surface area contributed by atoms with Crippen molar-refractivity contribution in [2.24, 2.45) is 5.41 Å². The summed E-state index contributed by atoms with van der Waals surface area (Å²) in [5.74, 6) is -0.192. The number of hydrogen-bond donors (Lipinski definition) is 2. The van der Waals surface area contributed by atoms with Crippen molar-refractivity contribution in [3.8, 4) is 0 Å². The quantitative estimate of drug-likeness (QED) is 0.887. The van der Waals surface area contributed by atoms with Gasteiger partial charge in [-0.05, 0) is 30.2 Å². The van der Waals surface area contributed by atoms with Crippen LogP contribution in [0.5, 0.6) is 0 Å². The number of carbonyl (C=O) groups excluding carboxylic acids is 3. The van der Waals surface area contributed by atoms with Gasteiger partial charge in [0.25, 0.3) is 0 Å². The summed E-state index contributed by atoms with van der Waals surface area (Å²) in [4.78, 5) is 37.0. The molecule has 2 rings (SSSR count). The standard InChI is InChI=1S/C18H25N3O3/c1-12(22)21-10-8-13-11-14(5-6-15(13)21)20-16(23)7-9-19-17(24)18(2,3)4/h5-6,11H,7-10H2,1-4H3,(H,19,24)(H,20,23). The number of fused-ring (bicyclic) bond motifs is 1. The van der Waals surface area contributed by atoms with E-state index in [0.29, 0.717) is 18.8 Å². The highest BCUT2D eigenvalue weighted by Crippen LogP contribution is 2.30. The largest absolute Gasteiger partial charge is 0.355 e. The van der Waals surface area contributed by atoms with Crippen LogP contribution >= 0.6 is 0 Å². The Kier molecular flexibility index (Phi) is 5.26. The van der Waals surface area contributed by atoms with Gasteiger partial charge in [0.05, 0.1) is 0 Å². The zero-order valence-corrected chi connectivity index (χ0v) is 14.7. The number of nitrogens with one attached hydrogen (secondary N) is 2. The first kappa shape index (κ1) is 18.0. The fourth-order valence-electron chi connectivity index (χ4n) is 2.58. The molecule has 1 aliphatic rings. The Hall–Kier alpha value is -2.37. The van der Waals surface area contributed by atoms with Crippen LogP contribution in [0.1, 0.15) is 39.7 Å². The third kappa shape index (κ3) is 4.34. The van der Waals surface area contributed by atoms with Gasteiger partial charge in [0, 0.05) is 43.2 Å². The molecule has 0 atom stereocenters. The minimum absolute atomic E-state index is 0.0279. The van der Waals surface area contributed by atoms with E-state index in [9.17, 15) is 14.4 Å². The zero-order valence-electron chi connectivity index (χ0n) is 14.7. The summed E-state index contributed by atoms with van der Waals surface area (Å²) in [6, 6.07) is 5.57. The van der Waals surface area contributed by atoms with E-state index in [4.69, 9.17) is 0 Å². The summed E-state index contributed by atoms with van der Waals surface area (Å²) >= 11 is 0. The monoisotopic (exact) mass is 331 g/mol. The molecule has 130 valence electrons. The Morgan fingerprint density at radius 1 is 1.21 bits per heavy atom. The van der Waals surface area contributed by atoms with Gasteiger partial charge >= 0.3 is 0 Å². The van der Waals surface area contributed by atoms with Crippen molar-refractivity contribution in [3.05, 3.63) is 23.8 Å². The molecular formula is C18H25N3O3. The Morgan fingerprint density at radius 3 is 2.54 bits per heavy atom. The van der Waals surface area contributed by atoms with Gasteiger partial charge in [0.2, 0.25) is 17.7 Å². The van der Waals surface area contributed by atoms with E-state index in [2.05, 4.69) is 10.6 Å². The number of hydrogen-bond acceptors (Lipinski definition) is 3. The molecule has 24 heavy (non-hydrogen) atoms. The number of rotatable bonds is 4. The number of anilines is 2. The lowest BCUT2D eigenvalue weighted by Crippen LogP contribution is -2.36. The van der Waals surface area contributed by atoms with Crippen molar-refractivity contribution in [2.75, 3.05) is 23.3 Å². The third-order valence-corrected chi connectivity index (χ3v) is 3.96. The number of nitrogens with zero attached hydrogens (tertiary/aromatic N) is 1. The van der Waals surface area contributed by atoms with Crippen molar-refractivity contribution in [3.63, 3.8) is 0 Å². The fourth-order valence-corrected chi connectivity index (χ4v) is 2.58. The molecule has 1 aromatic carbocycles. The number of carbonyl (C=O) groups is 3. The second-order valence-corrected chi connectivity index (χ2v) is 7.07. The van der Waals surface area contributed by atoms with Crippen LogP contribution in [0.15, 0.2) is 18.2 Å². The smallest absolute Gasteiger partial charge is 0.226 e. The molecule has 0 fully saturated rings. The molecule has 0 unspecified atom stereocenters. The molecule has 0 aromatic heterocycles. The average Bonchev–Trinajstić information content (AvgIpc) is 2.89. The molecule has 0 bridgehead atoms. The van der Waals surface area contributed by atoms with Crippen LogP contribution in [0.4, 0.5) is 11.4 Å². The van der Waals surface area contributed by atoms with Gasteiger partial charge in [-0.15, -0.1) is 0 Å². The lowest BCUT2D eigenvalue weighted by Gasteiger charge is -2.17. The van der Waals surface area contributed by atoms with E-state index in [1.54, 1.807) is 17.9 Å². The first-order valence-electron chi connectivity index (χ1n) is 8.17. The maximum atomic E-state index is 12.0. The molecule has 6 heteroatoms. The van der Waals surface area contributed by atoms with Crippen LogP contribution in [-0.4, -0.2) is 30.8 Å². The summed E-state index contributed by atoms with van der Waals surface area (Å²) in [5.41, 5.74) is 2.23. The molecule has 3 amide bonds. The van der Waals surface area contributed by atoms with Crippen molar-refractivity contribution < 1.29 is 14.4 Å². The Labute approximate surface area is 142 Å². The molecule has 1 aliphatic heterocycles. The molecule has 2 N–H and O–H groups in total. The van der Waals surface area contributed by atoms with Gasteiger partial charge in [-0.3, -0.25) is 14.4 Å². The number of amides is 3. The lowest BCUT2D eigenvalue weighted by molar-refractivity contribution is -0.128. The molecule has 1 aromatic rings. The van der Waals surface area contributed by atoms with Gasteiger partial charge < -0.3 is 15.5 Å². The summed E-state index contributed by atoms with van der Waals surface area (Å²) in [7, 11) is 0. The molecule has 0 saturated carbocycles. The first-order chi connectivity index (χ1) is 11.2. The average molecular weight is 331 g/mol. The summed E-state index contributed by atoms with van der Waals surface area (Å²) in [6.07, 6.45) is 1.01. The van der Waals surface area contributed by atoms with Gasteiger partial charge in [-0.25, -0.2) is 0 Å².